The minimum absolute atomic E-state index is 0.0284. The average Bonchev–Trinajstić information content (AvgIpc) is 2.91. The molecule has 112 valence electrons. The predicted molar refractivity (Wildman–Crippen MR) is 82.7 cm³/mol. The number of ether oxygens (including phenoxy) is 2. The molecule has 0 aliphatic rings. The van der Waals surface area contributed by atoms with E-state index in [1.165, 1.54) is 11.3 Å². The van der Waals surface area contributed by atoms with Crippen LogP contribution >= 0.6 is 23.1 Å². The van der Waals surface area contributed by atoms with E-state index in [9.17, 15) is 4.79 Å². The molecule has 5 nitrogen and oxygen atoms in total. The highest BCUT2D eigenvalue weighted by molar-refractivity contribution is 8.01. The molecule has 2 rings (SSSR count). The first kappa shape index (κ1) is 15.7. The van der Waals surface area contributed by atoms with E-state index in [-0.39, 0.29) is 6.42 Å². The van der Waals surface area contributed by atoms with Gasteiger partial charge in [0.15, 0.2) is 0 Å². The normalized spacial score (nSPS) is 10.3. The number of hydrogen-bond acceptors (Lipinski definition) is 6. The second-order valence-corrected chi connectivity index (χ2v) is 6.25. The highest BCUT2D eigenvalue weighted by Gasteiger charge is 2.06. The van der Waals surface area contributed by atoms with Crippen molar-refractivity contribution in [3.63, 3.8) is 0 Å². The van der Waals surface area contributed by atoms with Crippen molar-refractivity contribution in [3.8, 4) is 11.5 Å². The number of aliphatic carboxylic acids is 1. The Kier molecular flexibility index (Phi) is 5.89. The van der Waals surface area contributed by atoms with Crippen LogP contribution < -0.4 is 9.47 Å². The maximum absolute atomic E-state index is 10.6. The van der Waals surface area contributed by atoms with Crippen LogP contribution in [-0.4, -0.2) is 35.5 Å². The second-order valence-electron chi connectivity index (χ2n) is 4.05. The molecule has 0 radical (unpaired) electrons. The van der Waals surface area contributed by atoms with Crippen LogP contribution in [0.2, 0.25) is 0 Å². The van der Waals surface area contributed by atoms with E-state index in [4.69, 9.17) is 14.6 Å². The third-order valence-corrected chi connectivity index (χ3v) is 4.53. The summed E-state index contributed by atoms with van der Waals surface area (Å²) in [5, 5.41) is 10.5. The molecule has 0 bridgehead atoms. The number of carboxylic acids is 1. The third kappa shape index (κ3) is 5.28. The quantitative estimate of drug-likeness (QED) is 0.594. The zero-order valence-corrected chi connectivity index (χ0v) is 13.1. The van der Waals surface area contributed by atoms with E-state index in [0.29, 0.717) is 12.3 Å². The fraction of sp³-hybridized carbons (Fsp3) is 0.286. The molecule has 0 saturated carbocycles. The fourth-order valence-corrected chi connectivity index (χ4v) is 3.28. The van der Waals surface area contributed by atoms with Gasteiger partial charge >= 0.3 is 5.97 Å². The number of benzene rings is 1. The molecule has 0 spiro atoms. The van der Waals surface area contributed by atoms with Crippen LogP contribution in [0, 0.1) is 0 Å². The van der Waals surface area contributed by atoms with Crippen LogP contribution in [0.5, 0.6) is 11.5 Å². The minimum Gasteiger partial charge on any atom is -0.497 e. The molecule has 1 N–H and O–H groups in total. The first-order chi connectivity index (χ1) is 10.2. The molecule has 7 heteroatoms. The number of methoxy groups -OCH3 is 1. The van der Waals surface area contributed by atoms with E-state index in [2.05, 4.69) is 4.98 Å². The number of carbonyl (C=O) groups is 1. The number of nitrogens with zero attached hydrogens (tertiary/aromatic N) is 1. The highest BCUT2D eigenvalue weighted by Crippen LogP contribution is 2.23. The lowest BCUT2D eigenvalue weighted by Crippen LogP contribution is -2.01. The molecule has 0 aliphatic heterocycles. The molecule has 0 saturated heterocycles. The van der Waals surface area contributed by atoms with Gasteiger partial charge in [0.2, 0.25) is 0 Å². The van der Waals surface area contributed by atoms with Gasteiger partial charge in [0.05, 0.1) is 25.8 Å². The molecule has 0 aliphatic carbocycles. The number of aromatic nitrogens is 1. The Balaban J connectivity index is 1.71. The second kappa shape index (κ2) is 7.90. The summed E-state index contributed by atoms with van der Waals surface area (Å²) in [5.74, 6) is 1.48. The Hall–Kier alpha value is -1.73. The van der Waals surface area contributed by atoms with Crippen LogP contribution in [0.3, 0.4) is 0 Å². The van der Waals surface area contributed by atoms with Crippen molar-refractivity contribution in [1.29, 1.82) is 0 Å². The van der Waals surface area contributed by atoms with Gasteiger partial charge in [-0.15, -0.1) is 11.3 Å². The lowest BCUT2D eigenvalue weighted by atomic mass is 10.3. The summed E-state index contributed by atoms with van der Waals surface area (Å²) in [6, 6.07) is 7.42. The molecule has 1 aromatic carbocycles. The van der Waals surface area contributed by atoms with Crippen LogP contribution in [-0.2, 0) is 11.2 Å². The van der Waals surface area contributed by atoms with Gasteiger partial charge in [-0.05, 0) is 24.3 Å². The van der Waals surface area contributed by atoms with Crippen molar-refractivity contribution in [3.05, 3.63) is 35.3 Å². The van der Waals surface area contributed by atoms with E-state index in [1.54, 1.807) is 24.3 Å². The van der Waals surface area contributed by atoms with Crippen molar-refractivity contribution in [2.75, 3.05) is 19.5 Å². The summed E-state index contributed by atoms with van der Waals surface area (Å²) in [7, 11) is 1.62. The Morgan fingerprint density at radius 1 is 1.33 bits per heavy atom. The van der Waals surface area contributed by atoms with Gasteiger partial charge in [0, 0.05) is 11.1 Å². The summed E-state index contributed by atoms with van der Waals surface area (Å²) in [6.45, 7) is 0.560. The minimum atomic E-state index is -0.861. The van der Waals surface area contributed by atoms with Crippen molar-refractivity contribution >= 4 is 29.1 Å². The van der Waals surface area contributed by atoms with Gasteiger partial charge in [-0.1, -0.05) is 11.8 Å². The average molecular weight is 325 g/mol. The van der Waals surface area contributed by atoms with E-state index in [0.717, 1.165) is 21.6 Å². The van der Waals surface area contributed by atoms with Crippen LogP contribution in [0.4, 0.5) is 0 Å². The standard InChI is InChI=1S/C14H15NO4S2/c1-18-11-2-4-12(5-3-11)19-6-7-20-14-15-10(9-21-14)8-13(16)17/h2-5,9H,6-8H2,1H3,(H,16,17). The molecule has 0 unspecified atom stereocenters. The molecule has 1 heterocycles. The van der Waals surface area contributed by atoms with E-state index < -0.39 is 5.97 Å². The Morgan fingerprint density at radius 2 is 2.05 bits per heavy atom. The summed E-state index contributed by atoms with van der Waals surface area (Å²) in [6.07, 6.45) is -0.0284. The number of rotatable bonds is 8. The van der Waals surface area contributed by atoms with E-state index in [1.807, 2.05) is 24.3 Å². The number of hydrogen-bond donors (Lipinski definition) is 1. The van der Waals surface area contributed by atoms with Gasteiger partial charge in [0.1, 0.15) is 15.8 Å². The molecular weight excluding hydrogens is 310 g/mol. The SMILES string of the molecule is COc1ccc(OCCSc2nc(CC(=O)O)cs2)cc1. The lowest BCUT2D eigenvalue weighted by Gasteiger charge is -2.06. The molecular formula is C14H15NO4S2. The van der Waals surface area contributed by atoms with Crippen LogP contribution in [0.15, 0.2) is 34.0 Å². The highest BCUT2D eigenvalue weighted by atomic mass is 32.2. The van der Waals surface area contributed by atoms with Gasteiger partial charge in [-0.3, -0.25) is 4.79 Å². The summed E-state index contributed by atoms with van der Waals surface area (Å²) in [5.41, 5.74) is 0.603. The molecule has 0 atom stereocenters. The third-order valence-electron chi connectivity index (χ3n) is 2.50. The van der Waals surface area contributed by atoms with Crippen molar-refractivity contribution in [2.24, 2.45) is 0 Å². The van der Waals surface area contributed by atoms with Crippen molar-refractivity contribution < 1.29 is 19.4 Å². The first-order valence-corrected chi connectivity index (χ1v) is 8.10. The predicted octanol–water partition coefficient (Wildman–Crippen LogP) is 2.95. The molecule has 0 amide bonds. The largest absolute Gasteiger partial charge is 0.497 e. The number of thiazole rings is 1. The Bertz CT molecular complexity index is 583. The van der Waals surface area contributed by atoms with Gasteiger partial charge < -0.3 is 14.6 Å². The maximum Gasteiger partial charge on any atom is 0.309 e. The van der Waals surface area contributed by atoms with E-state index >= 15 is 0 Å². The topological polar surface area (TPSA) is 68.7 Å². The number of thioether (sulfide) groups is 1. The van der Waals surface area contributed by atoms with Gasteiger partial charge in [0.25, 0.3) is 0 Å². The fourth-order valence-electron chi connectivity index (χ4n) is 1.55. The van der Waals surface area contributed by atoms with Crippen LogP contribution in [0.1, 0.15) is 5.69 Å². The molecule has 0 fully saturated rings. The Morgan fingerprint density at radius 3 is 2.71 bits per heavy atom. The Labute approximate surface area is 130 Å². The first-order valence-electron chi connectivity index (χ1n) is 6.23. The lowest BCUT2D eigenvalue weighted by molar-refractivity contribution is -0.136. The molecule has 2 aromatic rings. The van der Waals surface area contributed by atoms with Crippen molar-refractivity contribution in [2.45, 2.75) is 10.8 Å². The molecule has 21 heavy (non-hydrogen) atoms. The zero-order chi connectivity index (χ0) is 15.1. The monoisotopic (exact) mass is 325 g/mol. The smallest absolute Gasteiger partial charge is 0.309 e. The summed E-state index contributed by atoms with van der Waals surface area (Å²) < 4.78 is 11.5. The van der Waals surface area contributed by atoms with Gasteiger partial charge in [-0.25, -0.2) is 4.98 Å². The van der Waals surface area contributed by atoms with Gasteiger partial charge in [-0.2, -0.15) is 0 Å². The van der Waals surface area contributed by atoms with Crippen LogP contribution in [0.25, 0.3) is 0 Å². The maximum atomic E-state index is 10.6. The molecule has 1 aromatic heterocycles. The summed E-state index contributed by atoms with van der Waals surface area (Å²) >= 11 is 3.02. The van der Waals surface area contributed by atoms with Crippen molar-refractivity contribution in [1.82, 2.24) is 4.98 Å². The number of carboxylic acid groups (broad SMARTS) is 1. The zero-order valence-electron chi connectivity index (χ0n) is 11.4. The summed E-state index contributed by atoms with van der Waals surface area (Å²) in [4.78, 5) is 14.8.